The van der Waals surface area contributed by atoms with Crippen molar-refractivity contribution in [2.75, 3.05) is 13.7 Å². The lowest BCUT2D eigenvalue weighted by Crippen LogP contribution is -2.27. The molecule has 0 spiro atoms. The van der Waals surface area contributed by atoms with Crippen molar-refractivity contribution >= 4 is 6.21 Å². The molecule has 0 aromatic carbocycles. The van der Waals surface area contributed by atoms with Gasteiger partial charge in [0.25, 0.3) is 0 Å². The van der Waals surface area contributed by atoms with E-state index in [0.717, 1.165) is 47.0 Å². The summed E-state index contributed by atoms with van der Waals surface area (Å²) in [5, 5.41) is 3.20. The fourth-order valence-electron chi connectivity index (χ4n) is 3.07. The summed E-state index contributed by atoms with van der Waals surface area (Å²) in [4.78, 5) is 4.55. The highest BCUT2D eigenvalue weighted by Crippen LogP contribution is 2.25. The number of allylic oxidation sites excluding steroid dienone is 9. The maximum absolute atomic E-state index is 6.08. The molecule has 0 saturated heterocycles. The molecule has 1 aliphatic rings. The number of nitrogens with one attached hydrogen (secondary N) is 1. The Labute approximate surface area is 246 Å². The molecular weight excluding hydrogens is 496 g/mol. The van der Waals surface area contributed by atoms with Gasteiger partial charge >= 0.3 is 0 Å². The molecule has 1 N–H and O–H groups in total. The monoisotopic (exact) mass is 552 g/mol. The van der Waals surface area contributed by atoms with Gasteiger partial charge in [-0.15, -0.1) is 19.7 Å². The normalized spacial score (nSPS) is 16.6. The van der Waals surface area contributed by atoms with Crippen molar-refractivity contribution in [2.24, 2.45) is 10.4 Å². The minimum atomic E-state index is -0.190. The Morgan fingerprint density at radius 2 is 1.82 bits per heavy atom. The first kappa shape index (κ1) is 39.0. The lowest BCUT2D eigenvalue weighted by atomic mass is 9.93. The molecule has 40 heavy (non-hydrogen) atoms. The van der Waals surface area contributed by atoms with Crippen LogP contribution in [0.3, 0.4) is 0 Å². The molecule has 5 heteroatoms. The number of rotatable bonds is 13. The van der Waals surface area contributed by atoms with E-state index < -0.39 is 0 Å². The highest BCUT2D eigenvalue weighted by Gasteiger charge is 2.18. The Balaban J connectivity index is 0. The van der Waals surface area contributed by atoms with Gasteiger partial charge in [-0.05, 0) is 81.9 Å². The van der Waals surface area contributed by atoms with Crippen molar-refractivity contribution in [1.82, 2.24) is 5.32 Å². The van der Waals surface area contributed by atoms with E-state index in [2.05, 4.69) is 70.9 Å². The standard InChI is InChI=1S/C26H38N2O3.C7H14.C2H4/c1-9-16-30-26(22(7)29-8)18-25-19(4)17-24(14-15-27-25)31-23(11-3)13-12-21(6)28-20(5)10-2;1-5-6-7(2,3)4;1-2/h10-15,18,22,26,28H,4,6,9,16-17H2,1-3,5,7-8H3;5H,1,6H2,2-4H3;1-2H2/b13-12-,20-10+,23-11+,25-18+;;. The number of aliphatic imine (C=N–C) groups is 1. The van der Waals surface area contributed by atoms with E-state index in [0.29, 0.717) is 18.4 Å². The molecule has 5 nitrogen and oxygen atoms in total. The van der Waals surface area contributed by atoms with Crippen LogP contribution in [0.2, 0.25) is 0 Å². The molecule has 0 radical (unpaired) electrons. The van der Waals surface area contributed by atoms with Crippen molar-refractivity contribution in [3.05, 3.63) is 110 Å². The van der Waals surface area contributed by atoms with Crippen molar-refractivity contribution in [1.29, 1.82) is 0 Å². The third kappa shape index (κ3) is 19.0. The predicted molar refractivity (Wildman–Crippen MR) is 176 cm³/mol. The van der Waals surface area contributed by atoms with Crippen molar-refractivity contribution in [3.63, 3.8) is 0 Å². The first-order valence-corrected chi connectivity index (χ1v) is 13.9. The van der Waals surface area contributed by atoms with Gasteiger partial charge in [-0.25, -0.2) is 0 Å². The second-order valence-electron chi connectivity index (χ2n) is 10.3. The van der Waals surface area contributed by atoms with Gasteiger partial charge in [-0.3, -0.25) is 4.99 Å². The maximum Gasteiger partial charge on any atom is 0.122 e. The summed E-state index contributed by atoms with van der Waals surface area (Å²) in [5.41, 5.74) is 3.91. The average Bonchev–Trinajstić information content (AvgIpc) is 3.09. The zero-order valence-electron chi connectivity index (χ0n) is 26.8. The lowest BCUT2D eigenvalue weighted by molar-refractivity contribution is -0.0231. The zero-order valence-corrected chi connectivity index (χ0v) is 26.8. The fourth-order valence-corrected chi connectivity index (χ4v) is 3.07. The van der Waals surface area contributed by atoms with E-state index in [1.54, 1.807) is 13.3 Å². The largest absolute Gasteiger partial charge is 0.462 e. The van der Waals surface area contributed by atoms with Gasteiger partial charge in [0.05, 0.1) is 11.8 Å². The van der Waals surface area contributed by atoms with Crippen LogP contribution in [0.5, 0.6) is 0 Å². The first-order valence-electron chi connectivity index (χ1n) is 13.9. The number of hydrogen-bond acceptors (Lipinski definition) is 5. The van der Waals surface area contributed by atoms with Gasteiger partial charge in [-0.2, -0.15) is 0 Å². The van der Waals surface area contributed by atoms with E-state index in [1.807, 2.05) is 70.2 Å². The molecule has 1 rings (SSSR count). The summed E-state index contributed by atoms with van der Waals surface area (Å²) in [7, 11) is 1.68. The summed E-state index contributed by atoms with van der Waals surface area (Å²) < 4.78 is 17.5. The van der Waals surface area contributed by atoms with Crippen LogP contribution in [0, 0.1) is 5.41 Å². The third-order valence-corrected chi connectivity index (χ3v) is 5.42. The number of ether oxygens (including phenoxy) is 3. The quantitative estimate of drug-likeness (QED) is 0.140. The minimum absolute atomic E-state index is 0.0818. The molecule has 0 aliphatic carbocycles. The molecular formula is C35H56N2O3. The number of hydrogen-bond donors (Lipinski definition) is 1. The topological polar surface area (TPSA) is 52.1 Å². The number of methoxy groups -OCH3 is 1. The summed E-state index contributed by atoms with van der Waals surface area (Å²) in [6.07, 6.45) is 17.5. The van der Waals surface area contributed by atoms with Gasteiger partial charge in [-0.1, -0.05) is 53.0 Å². The van der Waals surface area contributed by atoms with E-state index in [9.17, 15) is 0 Å². The molecule has 0 bridgehead atoms. The van der Waals surface area contributed by atoms with Gasteiger partial charge in [0, 0.05) is 37.7 Å². The molecule has 1 aliphatic heterocycles. The fraction of sp³-hybridized carbons (Fsp3) is 0.457. The van der Waals surface area contributed by atoms with Crippen LogP contribution in [0.25, 0.3) is 0 Å². The molecule has 0 aromatic rings. The van der Waals surface area contributed by atoms with Crippen LogP contribution in [-0.4, -0.2) is 32.1 Å². The molecule has 0 saturated carbocycles. The molecule has 2 unspecified atom stereocenters. The molecule has 1 heterocycles. The Hall–Kier alpha value is -3.15. The summed E-state index contributed by atoms with van der Waals surface area (Å²) >= 11 is 0. The van der Waals surface area contributed by atoms with Crippen LogP contribution < -0.4 is 5.32 Å². The zero-order chi connectivity index (χ0) is 31.1. The number of nitrogens with zero attached hydrogens (tertiary/aromatic N) is 1. The van der Waals surface area contributed by atoms with Gasteiger partial charge in [0.1, 0.15) is 17.6 Å². The van der Waals surface area contributed by atoms with Gasteiger partial charge in [0.2, 0.25) is 0 Å². The van der Waals surface area contributed by atoms with E-state index in [-0.39, 0.29) is 12.2 Å². The molecule has 2 atom stereocenters. The molecule has 0 fully saturated rings. The highest BCUT2D eigenvalue weighted by molar-refractivity contribution is 5.75. The SMILES string of the molecule is C=C.C=C(/C=C\C(=C/C)OC1=CC=N/C(=C/C(OCCC)C(C)OC)C(=C)C1)N/C(C)=C/C.C=CCC(C)(C)C. The van der Waals surface area contributed by atoms with Crippen LogP contribution in [0.1, 0.15) is 74.7 Å². The molecule has 0 amide bonds. The predicted octanol–water partition coefficient (Wildman–Crippen LogP) is 9.53. The molecule has 0 aromatic heterocycles. The van der Waals surface area contributed by atoms with E-state index in [1.165, 1.54) is 0 Å². The first-order chi connectivity index (χ1) is 18.9. The minimum Gasteiger partial charge on any atom is -0.462 e. The Morgan fingerprint density at radius 1 is 1.18 bits per heavy atom. The van der Waals surface area contributed by atoms with Crippen molar-refractivity contribution in [2.45, 2.75) is 86.9 Å². The second kappa shape index (κ2) is 22.6. The van der Waals surface area contributed by atoms with Crippen molar-refractivity contribution < 1.29 is 14.2 Å². The summed E-state index contributed by atoms with van der Waals surface area (Å²) in [6.45, 7) is 35.1. The molecule has 224 valence electrons. The Morgan fingerprint density at radius 3 is 2.30 bits per heavy atom. The highest BCUT2D eigenvalue weighted by atomic mass is 16.5. The van der Waals surface area contributed by atoms with Crippen LogP contribution >= 0.6 is 0 Å². The van der Waals surface area contributed by atoms with Crippen LogP contribution in [-0.2, 0) is 14.2 Å². The maximum atomic E-state index is 6.08. The summed E-state index contributed by atoms with van der Waals surface area (Å²) in [5.74, 6) is 1.49. The second-order valence-corrected chi connectivity index (χ2v) is 10.3. The Kier molecular flexibility index (Phi) is 22.1. The van der Waals surface area contributed by atoms with Crippen molar-refractivity contribution in [3.8, 4) is 0 Å². The lowest BCUT2D eigenvalue weighted by Gasteiger charge is -2.21. The van der Waals surface area contributed by atoms with Crippen LogP contribution in [0.15, 0.2) is 115 Å². The Bertz CT molecular complexity index is 956. The smallest absolute Gasteiger partial charge is 0.122 e. The summed E-state index contributed by atoms with van der Waals surface area (Å²) in [6, 6.07) is 0. The van der Waals surface area contributed by atoms with E-state index >= 15 is 0 Å². The average molecular weight is 553 g/mol. The van der Waals surface area contributed by atoms with Crippen LogP contribution in [0.4, 0.5) is 0 Å². The van der Waals surface area contributed by atoms with Gasteiger partial charge in [0.15, 0.2) is 0 Å². The van der Waals surface area contributed by atoms with Gasteiger partial charge < -0.3 is 19.5 Å². The van der Waals surface area contributed by atoms with E-state index in [4.69, 9.17) is 14.2 Å². The third-order valence-electron chi connectivity index (χ3n) is 5.42.